The maximum atomic E-state index is 14.2. The van der Waals surface area contributed by atoms with Gasteiger partial charge in [-0.1, -0.05) is 6.92 Å². The van der Waals surface area contributed by atoms with Crippen LogP contribution in [-0.4, -0.2) is 97.6 Å². The van der Waals surface area contributed by atoms with Crippen LogP contribution in [0.1, 0.15) is 63.2 Å². The first-order valence-electron chi connectivity index (χ1n) is 16.1. The molecule has 1 aliphatic rings. The molecule has 2 aromatic rings. The standard InChI is InChI=1S/C34H47F3N4O7/c1-22-19-41(23(2)21-42)32(44)28-18-26(39-33(45)38-25-9-12-27(46-5)13-10-25)11-14-29(28)48-24(3)8-6-7-17-47-30(22)20-40(4)31(43)15-16-34(35,36)37/h9-14,18,22-24,30,42H,6-8,15-17,19-21H2,1-5H3,(H2,38,39,45)/t22-,23+,24-,30-/m0/s1. The first-order valence-corrected chi connectivity index (χ1v) is 16.1. The van der Waals surface area contributed by atoms with Crippen LogP contribution in [0.5, 0.6) is 11.5 Å². The molecule has 48 heavy (non-hydrogen) atoms. The minimum absolute atomic E-state index is 0.0286. The number of urea groups is 1. The van der Waals surface area contributed by atoms with E-state index in [1.165, 1.54) is 22.9 Å². The van der Waals surface area contributed by atoms with Crippen LogP contribution in [0.2, 0.25) is 0 Å². The van der Waals surface area contributed by atoms with Crippen molar-refractivity contribution in [3.63, 3.8) is 0 Å². The average molecular weight is 681 g/mol. The number of rotatable bonds is 9. The molecule has 0 bridgehead atoms. The number of amides is 4. The summed E-state index contributed by atoms with van der Waals surface area (Å²) in [6, 6.07) is 10.4. The second kappa shape index (κ2) is 17.9. The van der Waals surface area contributed by atoms with E-state index in [1.807, 2.05) is 13.8 Å². The molecule has 0 unspecified atom stereocenters. The third kappa shape index (κ3) is 11.9. The van der Waals surface area contributed by atoms with Gasteiger partial charge < -0.3 is 39.8 Å². The van der Waals surface area contributed by atoms with Crippen LogP contribution in [-0.2, 0) is 9.53 Å². The summed E-state index contributed by atoms with van der Waals surface area (Å²) in [7, 11) is 2.98. The Labute approximate surface area is 279 Å². The summed E-state index contributed by atoms with van der Waals surface area (Å²) >= 11 is 0. The highest BCUT2D eigenvalue weighted by atomic mass is 19.4. The van der Waals surface area contributed by atoms with Crippen molar-refractivity contribution in [1.82, 2.24) is 9.80 Å². The van der Waals surface area contributed by atoms with Crippen LogP contribution in [0.25, 0.3) is 0 Å². The van der Waals surface area contributed by atoms with Gasteiger partial charge in [-0.05, 0) is 75.6 Å². The normalized spacial score (nSPS) is 20.1. The SMILES string of the molecule is COc1ccc(NC(=O)Nc2ccc3c(c2)C(=O)N([C@H](C)CO)C[C@H](C)[C@H](CN(C)C(=O)CCC(F)(F)F)OCCCC[C@H](C)O3)cc1. The maximum Gasteiger partial charge on any atom is 0.389 e. The van der Waals surface area contributed by atoms with Gasteiger partial charge in [0, 0.05) is 50.5 Å². The van der Waals surface area contributed by atoms with Crippen LogP contribution in [0.3, 0.4) is 0 Å². The lowest BCUT2D eigenvalue weighted by Crippen LogP contribution is -2.48. The first kappa shape index (κ1) is 38.4. The number of aliphatic hydroxyl groups is 1. The van der Waals surface area contributed by atoms with E-state index in [-0.39, 0.29) is 37.3 Å². The molecule has 266 valence electrons. The van der Waals surface area contributed by atoms with Crippen molar-refractivity contribution in [1.29, 1.82) is 0 Å². The van der Waals surface area contributed by atoms with Crippen LogP contribution in [0.4, 0.5) is 29.3 Å². The molecule has 0 fully saturated rings. The fraction of sp³-hybridized carbons (Fsp3) is 0.559. The molecule has 4 amide bonds. The number of halogens is 3. The number of carbonyl (C=O) groups is 3. The number of aliphatic hydroxyl groups excluding tert-OH is 1. The zero-order chi connectivity index (χ0) is 35.4. The van der Waals surface area contributed by atoms with Crippen molar-refractivity contribution < 1.29 is 46.9 Å². The van der Waals surface area contributed by atoms with Crippen LogP contribution in [0, 0.1) is 5.92 Å². The Bertz CT molecular complexity index is 1360. The van der Waals surface area contributed by atoms with Crippen LogP contribution in [0.15, 0.2) is 42.5 Å². The third-order valence-electron chi connectivity index (χ3n) is 8.16. The fourth-order valence-electron chi connectivity index (χ4n) is 5.24. The van der Waals surface area contributed by atoms with Crippen molar-refractivity contribution in [2.24, 2.45) is 5.92 Å². The molecule has 14 heteroatoms. The summed E-state index contributed by atoms with van der Waals surface area (Å²) < 4.78 is 55.8. The molecule has 0 spiro atoms. The summed E-state index contributed by atoms with van der Waals surface area (Å²) in [5.74, 6) is -0.555. The summed E-state index contributed by atoms with van der Waals surface area (Å²) in [4.78, 5) is 42.3. The number of alkyl halides is 3. The molecule has 1 aliphatic heterocycles. The molecule has 4 atom stereocenters. The van der Waals surface area contributed by atoms with Gasteiger partial charge in [0.25, 0.3) is 5.91 Å². The summed E-state index contributed by atoms with van der Waals surface area (Å²) in [5, 5.41) is 15.6. The number of anilines is 2. The molecule has 2 aromatic carbocycles. The van der Waals surface area contributed by atoms with E-state index in [9.17, 15) is 32.7 Å². The van der Waals surface area contributed by atoms with E-state index in [2.05, 4.69) is 10.6 Å². The van der Waals surface area contributed by atoms with Crippen molar-refractivity contribution >= 4 is 29.2 Å². The van der Waals surface area contributed by atoms with E-state index in [1.54, 1.807) is 50.4 Å². The van der Waals surface area contributed by atoms with Crippen molar-refractivity contribution in [3.05, 3.63) is 48.0 Å². The largest absolute Gasteiger partial charge is 0.497 e. The maximum absolute atomic E-state index is 14.2. The number of methoxy groups -OCH3 is 1. The minimum Gasteiger partial charge on any atom is -0.497 e. The summed E-state index contributed by atoms with van der Waals surface area (Å²) in [5.41, 5.74) is 1.03. The van der Waals surface area contributed by atoms with Crippen LogP contribution >= 0.6 is 0 Å². The molecule has 0 saturated carbocycles. The van der Waals surface area contributed by atoms with Gasteiger partial charge in [0.15, 0.2) is 0 Å². The van der Waals surface area contributed by atoms with Crippen molar-refractivity contribution in [3.8, 4) is 11.5 Å². The third-order valence-corrected chi connectivity index (χ3v) is 8.16. The fourth-order valence-corrected chi connectivity index (χ4v) is 5.24. The number of hydrogen-bond acceptors (Lipinski definition) is 7. The minimum atomic E-state index is -4.45. The van der Waals surface area contributed by atoms with Gasteiger partial charge in [-0.3, -0.25) is 9.59 Å². The molecular formula is C34H47F3N4O7. The monoisotopic (exact) mass is 680 g/mol. The lowest BCUT2D eigenvalue weighted by molar-refractivity contribution is -0.149. The van der Waals surface area contributed by atoms with Gasteiger partial charge >= 0.3 is 12.2 Å². The molecule has 0 radical (unpaired) electrons. The Balaban J connectivity index is 1.88. The van der Waals surface area contributed by atoms with Gasteiger partial charge in [-0.25, -0.2) is 4.79 Å². The highest BCUT2D eigenvalue weighted by molar-refractivity contribution is 6.02. The molecule has 11 nitrogen and oxygen atoms in total. The van der Waals surface area contributed by atoms with Gasteiger partial charge in [0.1, 0.15) is 11.5 Å². The Morgan fingerprint density at radius 2 is 1.77 bits per heavy atom. The Hall–Kier alpha value is -4.04. The highest BCUT2D eigenvalue weighted by Gasteiger charge is 2.32. The summed E-state index contributed by atoms with van der Waals surface area (Å²) in [6.45, 7) is 5.52. The molecule has 1 heterocycles. The number of likely N-dealkylation sites (N-methyl/N-ethyl adjacent to an activating group) is 1. The van der Waals surface area contributed by atoms with Crippen molar-refractivity contribution in [2.45, 2.75) is 77.3 Å². The lowest BCUT2D eigenvalue weighted by Gasteiger charge is -2.36. The zero-order valence-electron chi connectivity index (χ0n) is 28.1. The second-order valence-electron chi connectivity index (χ2n) is 12.2. The van der Waals surface area contributed by atoms with E-state index < -0.39 is 49.0 Å². The Morgan fingerprint density at radius 3 is 2.42 bits per heavy atom. The predicted octanol–water partition coefficient (Wildman–Crippen LogP) is 5.94. The number of nitrogens with one attached hydrogen (secondary N) is 2. The predicted molar refractivity (Wildman–Crippen MR) is 175 cm³/mol. The highest BCUT2D eigenvalue weighted by Crippen LogP contribution is 2.29. The molecule has 3 rings (SSSR count). The van der Waals surface area contributed by atoms with Crippen molar-refractivity contribution in [2.75, 3.05) is 51.1 Å². The summed E-state index contributed by atoms with van der Waals surface area (Å²) in [6.07, 6.45) is -5.14. The van der Waals surface area contributed by atoms with Gasteiger partial charge in [0.2, 0.25) is 5.91 Å². The van der Waals surface area contributed by atoms with Gasteiger partial charge in [0.05, 0.1) is 44.0 Å². The number of ether oxygens (including phenoxy) is 3. The molecule has 3 N–H and O–H groups in total. The number of benzene rings is 2. The topological polar surface area (TPSA) is 130 Å². The Morgan fingerprint density at radius 1 is 1.10 bits per heavy atom. The van der Waals surface area contributed by atoms with Crippen LogP contribution < -0.4 is 20.1 Å². The number of carbonyl (C=O) groups excluding carboxylic acids is 3. The average Bonchev–Trinajstić information content (AvgIpc) is 3.04. The molecule has 0 aliphatic carbocycles. The van der Waals surface area contributed by atoms with Gasteiger partial charge in [-0.15, -0.1) is 0 Å². The number of nitrogens with zero attached hydrogens (tertiary/aromatic N) is 2. The number of fused-ring (bicyclic) bond motifs is 1. The zero-order valence-corrected chi connectivity index (χ0v) is 28.1. The number of hydrogen-bond donors (Lipinski definition) is 3. The van der Waals surface area contributed by atoms with E-state index in [0.29, 0.717) is 42.3 Å². The van der Waals surface area contributed by atoms with E-state index >= 15 is 0 Å². The van der Waals surface area contributed by atoms with E-state index in [0.717, 1.165) is 6.42 Å². The van der Waals surface area contributed by atoms with Gasteiger partial charge in [-0.2, -0.15) is 13.2 Å². The lowest BCUT2D eigenvalue weighted by atomic mass is 10.0. The first-order chi connectivity index (χ1) is 22.7. The molecule has 0 saturated heterocycles. The molecule has 0 aromatic heterocycles. The quantitative estimate of drug-likeness (QED) is 0.299. The Kier molecular flexibility index (Phi) is 14.3. The second-order valence-corrected chi connectivity index (χ2v) is 12.2. The molecular weight excluding hydrogens is 633 g/mol. The smallest absolute Gasteiger partial charge is 0.389 e. The van der Waals surface area contributed by atoms with E-state index in [4.69, 9.17) is 14.2 Å².